The first kappa shape index (κ1) is 54.0. The molecule has 0 aliphatic rings. The minimum absolute atomic E-state index is 0.0966. The lowest BCUT2D eigenvalue weighted by atomic mass is 10.1. The van der Waals surface area contributed by atoms with Crippen molar-refractivity contribution in [2.45, 2.75) is 174 Å². The third-order valence-electron chi connectivity index (χ3n) is 8.94. The molecule has 0 aromatic carbocycles. The molecule has 5 nitrogen and oxygen atoms in total. The number of allylic oxidation sites excluding steroid dienone is 22. The van der Waals surface area contributed by atoms with Crippen LogP contribution < -0.4 is 0 Å². The third kappa shape index (κ3) is 44.8. The number of carbonyl (C=O) groups excluding carboxylic acids is 2. The molecule has 0 radical (unpaired) electrons. The van der Waals surface area contributed by atoms with Crippen molar-refractivity contribution in [3.63, 3.8) is 0 Å². The number of carbonyl (C=O) groups is 2. The zero-order valence-corrected chi connectivity index (χ0v) is 36.7. The maximum atomic E-state index is 12.2. The van der Waals surface area contributed by atoms with Gasteiger partial charge < -0.3 is 14.6 Å². The molecule has 1 unspecified atom stereocenters. The van der Waals surface area contributed by atoms with Gasteiger partial charge in [-0.1, -0.05) is 180 Å². The first-order valence-electron chi connectivity index (χ1n) is 22.7. The fraction of sp³-hybridized carbons (Fsp3) is 0.547. The summed E-state index contributed by atoms with van der Waals surface area (Å²) in [5, 5.41) is 9.58. The molecule has 0 fully saturated rings. The average Bonchev–Trinajstić information content (AvgIpc) is 3.23. The molecule has 0 amide bonds. The molecular formula is C53H82O5. The highest BCUT2D eigenvalue weighted by atomic mass is 16.6. The summed E-state index contributed by atoms with van der Waals surface area (Å²) in [6.45, 7) is 3.84. The number of esters is 2. The minimum atomic E-state index is -0.801. The highest BCUT2D eigenvalue weighted by molar-refractivity contribution is 5.70. The van der Waals surface area contributed by atoms with Crippen LogP contribution in [0.1, 0.15) is 168 Å². The van der Waals surface area contributed by atoms with Crippen molar-refractivity contribution < 1.29 is 24.2 Å². The second kappa shape index (κ2) is 47.4. The Balaban J connectivity index is 3.67. The van der Waals surface area contributed by atoms with Gasteiger partial charge >= 0.3 is 11.9 Å². The summed E-state index contributed by atoms with van der Waals surface area (Å²) in [6.07, 6.45) is 71.0. The van der Waals surface area contributed by atoms with E-state index in [4.69, 9.17) is 9.47 Å². The second-order valence-corrected chi connectivity index (χ2v) is 14.4. The Labute approximate surface area is 355 Å². The van der Waals surface area contributed by atoms with E-state index in [9.17, 15) is 14.7 Å². The molecule has 0 saturated carbocycles. The zero-order chi connectivity index (χ0) is 42.1. The molecule has 1 N–H and O–H groups in total. The Morgan fingerprint density at radius 2 is 0.690 bits per heavy atom. The lowest BCUT2D eigenvalue weighted by Crippen LogP contribution is -2.28. The van der Waals surface area contributed by atoms with Crippen molar-refractivity contribution in [3.05, 3.63) is 134 Å². The predicted molar refractivity (Wildman–Crippen MR) is 251 cm³/mol. The van der Waals surface area contributed by atoms with Gasteiger partial charge in [0, 0.05) is 12.8 Å². The Bertz CT molecular complexity index is 1270. The molecule has 1 atom stereocenters. The summed E-state index contributed by atoms with van der Waals surface area (Å²) in [5.41, 5.74) is 0. The molecule has 0 rings (SSSR count). The van der Waals surface area contributed by atoms with Crippen molar-refractivity contribution in [2.24, 2.45) is 0 Å². The molecule has 0 heterocycles. The highest BCUT2D eigenvalue weighted by Gasteiger charge is 2.16. The normalized spacial score (nSPS) is 13.5. The molecule has 0 aromatic heterocycles. The van der Waals surface area contributed by atoms with E-state index in [1.165, 1.54) is 12.8 Å². The van der Waals surface area contributed by atoms with Gasteiger partial charge in [-0.3, -0.25) is 9.59 Å². The second-order valence-electron chi connectivity index (χ2n) is 14.4. The largest absolute Gasteiger partial charge is 0.462 e. The fourth-order valence-electron chi connectivity index (χ4n) is 5.58. The summed E-state index contributed by atoms with van der Waals surface area (Å²) in [6, 6.07) is 0. The zero-order valence-electron chi connectivity index (χ0n) is 36.7. The number of hydrogen-bond donors (Lipinski definition) is 1. The standard InChI is InChI=1S/C53H82O5/c1-3-5-7-9-11-13-15-17-18-19-20-21-22-23-24-25-26-27-28-29-30-31-32-33-34-36-38-40-42-44-46-48-53(56)58-51(49-54)50-57-52(55)47-45-43-41-39-37-35-16-14-12-10-8-6-4-2/h5-8,11-14,17-18,20-21,23-24,26-27,29-30,32-33,35,37,51,54H,3-4,9-10,15-16,19,22,25,28,31,34,36,38-50H2,1-2H3/b7-5-,8-6-,13-11-,14-12-,18-17-,21-20-,24-23-,27-26-,30-29-,33-32-,37-35-. The van der Waals surface area contributed by atoms with Crippen LogP contribution in [0.5, 0.6) is 0 Å². The first-order chi connectivity index (χ1) is 28.6. The van der Waals surface area contributed by atoms with E-state index >= 15 is 0 Å². The van der Waals surface area contributed by atoms with Crippen LogP contribution >= 0.6 is 0 Å². The van der Waals surface area contributed by atoms with Crippen LogP contribution in [0.2, 0.25) is 0 Å². The lowest BCUT2D eigenvalue weighted by Gasteiger charge is -2.15. The Kier molecular flexibility index (Phi) is 44.2. The number of aliphatic hydroxyl groups excluding tert-OH is 1. The molecule has 0 aromatic rings. The molecule has 324 valence electrons. The molecule has 5 heteroatoms. The van der Waals surface area contributed by atoms with Gasteiger partial charge in [-0.2, -0.15) is 0 Å². The van der Waals surface area contributed by atoms with Gasteiger partial charge in [0.2, 0.25) is 0 Å². The van der Waals surface area contributed by atoms with Gasteiger partial charge in [0.25, 0.3) is 0 Å². The van der Waals surface area contributed by atoms with Crippen molar-refractivity contribution in [1.29, 1.82) is 0 Å². The molecule has 58 heavy (non-hydrogen) atoms. The van der Waals surface area contributed by atoms with E-state index in [1.807, 2.05) is 0 Å². The molecule has 0 aliphatic carbocycles. The Morgan fingerprint density at radius 1 is 0.397 bits per heavy atom. The Morgan fingerprint density at radius 3 is 1.05 bits per heavy atom. The molecule has 0 aliphatic heterocycles. The summed E-state index contributed by atoms with van der Waals surface area (Å²) < 4.78 is 10.6. The molecule has 0 spiro atoms. The fourth-order valence-corrected chi connectivity index (χ4v) is 5.58. The average molecular weight is 799 g/mol. The number of ether oxygens (including phenoxy) is 2. The van der Waals surface area contributed by atoms with E-state index in [0.717, 1.165) is 128 Å². The molecule has 0 bridgehead atoms. The summed E-state index contributed by atoms with van der Waals surface area (Å²) in [4.78, 5) is 24.3. The van der Waals surface area contributed by atoms with Gasteiger partial charge in [-0.05, 0) is 109 Å². The van der Waals surface area contributed by atoms with Gasteiger partial charge in [-0.25, -0.2) is 0 Å². The van der Waals surface area contributed by atoms with Crippen LogP contribution in [0.25, 0.3) is 0 Å². The van der Waals surface area contributed by atoms with Crippen LogP contribution in [0.4, 0.5) is 0 Å². The molecule has 0 saturated heterocycles. The van der Waals surface area contributed by atoms with E-state index in [2.05, 4.69) is 148 Å². The SMILES string of the molecule is CC/C=C\C/C=C\C/C=C\C/C=C\C/C=C\C/C=C\C/C=C\C/C=C\CCCCCCCCC(=O)OC(CO)COC(=O)CCCCC/C=C\C/C=C\C/C=C\CC. The quantitative estimate of drug-likeness (QED) is 0.0381. The van der Waals surface area contributed by atoms with Crippen LogP contribution in [-0.2, 0) is 19.1 Å². The van der Waals surface area contributed by atoms with Crippen molar-refractivity contribution >= 4 is 11.9 Å². The van der Waals surface area contributed by atoms with E-state index in [0.29, 0.717) is 12.8 Å². The first-order valence-corrected chi connectivity index (χ1v) is 22.7. The van der Waals surface area contributed by atoms with Gasteiger partial charge in [0.15, 0.2) is 6.10 Å². The van der Waals surface area contributed by atoms with E-state index in [1.54, 1.807) is 0 Å². The van der Waals surface area contributed by atoms with Crippen molar-refractivity contribution in [3.8, 4) is 0 Å². The van der Waals surface area contributed by atoms with Crippen LogP contribution in [-0.4, -0.2) is 36.4 Å². The number of hydrogen-bond acceptors (Lipinski definition) is 5. The van der Waals surface area contributed by atoms with Crippen LogP contribution in [0.3, 0.4) is 0 Å². The summed E-state index contributed by atoms with van der Waals surface area (Å²) in [5.74, 6) is -0.657. The van der Waals surface area contributed by atoms with Gasteiger partial charge in [0.05, 0.1) is 6.61 Å². The maximum Gasteiger partial charge on any atom is 0.306 e. The van der Waals surface area contributed by atoms with Crippen molar-refractivity contribution in [1.82, 2.24) is 0 Å². The van der Waals surface area contributed by atoms with E-state index < -0.39 is 6.10 Å². The minimum Gasteiger partial charge on any atom is -0.462 e. The van der Waals surface area contributed by atoms with Crippen LogP contribution in [0.15, 0.2) is 134 Å². The lowest BCUT2D eigenvalue weighted by molar-refractivity contribution is -0.161. The smallest absolute Gasteiger partial charge is 0.306 e. The number of aliphatic hydroxyl groups is 1. The van der Waals surface area contributed by atoms with Crippen LogP contribution in [0, 0.1) is 0 Å². The predicted octanol–water partition coefficient (Wildman–Crippen LogP) is 15.0. The van der Waals surface area contributed by atoms with Gasteiger partial charge in [-0.15, -0.1) is 0 Å². The number of unbranched alkanes of at least 4 members (excludes halogenated alkanes) is 9. The Hall–Kier alpha value is -3.96. The topological polar surface area (TPSA) is 72.8 Å². The monoisotopic (exact) mass is 799 g/mol. The highest BCUT2D eigenvalue weighted by Crippen LogP contribution is 2.11. The summed E-state index contributed by atoms with van der Waals surface area (Å²) in [7, 11) is 0. The van der Waals surface area contributed by atoms with E-state index in [-0.39, 0.29) is 25.2 Å². The number of rotatable bonds is 39. The maximum absolute atomic E-state index is 12.2. The molecular weight excluding hydrogens is 717 g/mol. The third-order valence-corrected chi connectivity index (χ3v) is 8.94. The van der Waals surface area contributed by atoms with Gasteiger partial charge in [0.1, 0.15) is 6.61 Å². The summed E-state index contributed by atoms with van der Waals surface area (Å²) >= 11 is 0. The van der Waals surface area contributed by atoms with Crippen molar-refractivity contribution in [2.75, 3.05) is 13.2 Å².